The minimum Gasteiger partial charge on any atom is -0.356 e. The van der Waals surface area contributed by atoms with Crippen LogP contribution in [0, 0.1) is 0 Å². The summed E-state index contributed by atoms with van der Waals surface area (Å²) in [6, 6.07) is 0.639. The first-order chi connectivity index (χ1) is 8.22. The molecule has 1 aromatic heterocycles. The maximum atomic E-state index is 4.57. The average molecular weight is 299 g/mol. The van der Waals surface area contributed by atoms with Crippen LogP contribution in [0.2, 0.25) is 0 Å². The van der Waals surface area contributed by atoms with E-state index in [4.69, 9.17) is 0 Å². The molecule has 0 unspecified atom stereocenters. The molecule has 0 spiro atoms. The van der Waals surface area contributed by atoms with Gasteiger partial charge in [0.15, 0.2) is 0 Å². The lowest BCUT2D eigenvalue weighted by Gasteiger charge is -2.36. The fraction of sp³-hybridized carbons (Fsp3) is 0.667. The van der Waals surface area contributed by atoms with Gasteiger partial charge in [0, 0.05) is 25.8 Å². The normalized spacial score (nSPS) is 15.5. The van der Waals surface area contributed by atoms with Crippen LogP contribution in [0.5, 0.6) is 0 Å². The fourth-order valence-electron chi connectivity index (χ4n) is 1.87. The molecule has 1 saturated carbocycles. The van der Waals surface area contributed by atoms with Crippen molar-refractivity contribution in [1.82, 2.24) is 9.97 Å². The summed E-state index contributed by atoms with van der Waals surface area (Å²) in [4.78, 5) is 11.1. The van der Waals surface area contributed by atoms with Crippen molar-refractivity contribution in [3.8, 4) is 0 Å². The molecule has 0 aromatic carbocycles. The summed E-state index contributed by atoms with van der Waals surface area (Å²) in [6.45, 7) is 3.04. The van der Waals surface area contributed by atoms with Crippen molar-refractivity contribution in [2.45, 2.75) is 38.6 Å². The Morgan fingerprint density at radius 2 is 2.29 bits per heavy atom. The van der Waals surface area contributed by atoms with Gasteiger partial charge in [0.2, 0.25) is 5.95 Å². The number of aromatic nitrogens is 2. The summed E-state index contributed by atoms with van der Waals surface area (Å²) in [5, 5.41) is 3.22. The highest BCUT2D eigenvalue weighted by molar-refractivity contribution is 9.10. The highest BCUT2D eigenvalue weighted by Gasteiger charge is 2.24. The van der Waals surface area contributed by atoms with E-state index in [1.54, 1.807) is 0 Å². The van der Waals surface area contributed by atoms with Gasteiger partial charge in [-0.05, 0) is 41.6 Å². The molecule has 1 aromatic rings. The van der Waals surface area contributed by atoms with Crippen LogP contribution < -0.4 is 10.2 Å². The molecule has 0 aliphatic heterocycles. The minimum absolute atomic E-state index is 0.639. The lowest BCUT2D eigenvalue weighted by Crippen LogP contribution is -2.38. The monoisotopic (exact) mass is 298 g/mol. The van der Waals surface area contributed by atoms with Crippen LogP contribution in [0.1, 0.15) is 32.6 Å². The van der Waals surface area contributed by atoms with Gasteiger partial charge in [0.05, 0.1) is 4.47 Å². The van der Waals surface area contributed by atoms with Crippen molar-refractivity contribution in [2.75, 3.05) is 23.8 Å². The first-order valence-corrected chi connectivity index (χ1v) is 7.01. The summed E-state index contributed by atoms with van der Waals surface area (Å²) in [6.07, 6.45) is 6.77. The maximum Gasteiger partial charge on any atom is 0.224 e. The van der Waals surface area contributed by atoms with Gasteiger partial charge >= 0.3 is 0 Å². The van der Waals surface area contributed by atoms with Gasteiger partial charge in [-0.2, -0.15) is 4.98 Å². The van der Waals surface area contributed by atoms with Crippen LogP contribution in [0.3, 0.4) is 0 Å². The largest absolute Gasteiger partial charge is 0.356 e. The predicted octanol–water partition coefficient (Wildman–Crippen LogP) is 3.05. The average Bonchev–Trinajstić information content (AvgIpc) is 2.25. The lowest BCUT2D eigenvalue weighted by atomic mass is 9.92. The van der Waals surface area contributed by atoms with Gasteiger partial charge in [-0.25, -0.2) is 4.98 Å². The topological polar surface area (TPSA) is 41.1 Å². The van der Waals surface area contributed by atoms with Gasteiger partial charge in [-0.15, -0.1) is 0 Å². The smallest absolute Gasteiger partial charge is 0.224 e. The highest BCUT2D eigenvalue weighted by atomic mass is 79.9. The molecule has 5 heteroatoms. The molecule has 0 radical (unpaired) electrons. The fourth-order valence-corrected chi connectivity index (χ4v) is 2.35. The molecule has 1 aliphatic rings. The Hall–Kier alpha value is -0.840. The van der Waals surface area contributed by atoms with Gasteiger partial charge in [0.25, 0.3) is 0 Å². The van der Waals surface area contributed by atoms with Gasteiger partial charge in [-0.1, -0.05) is 6.92 Å². The van der Waals surface area contributed by atoms with Crippen molar-refractivity contribution < 1.29 is 0 Å². The summed E-state index contributed by atoms with van der Waals surface area (Å²) in [5.41, 5.74) is 0. The Labute approximate surface area is 111 Å². The van der Waals surface area contributed by atoms with E-state index in [1.165, 1.54) is 19.3 Å². The van der Waals surface area contributed by atoms with Crippen LogP contribution in [0.4, 0.5) is 11.8 Å². The van der Waals surface area contributed by atoms with Crippen LogP contribution in [0.25, 0.3) is 0 Å². The Balaban J connectivity index is 2.13. The molecule has 1 heterocycles. The molecule has 0 saturated heterocycles. The van der Waals surface area contributed by atoms with Gasteiger partial charge in [0.1, 0.15) is 5.82 Å². The number of halogens is 1. The zero-order valence-electron chi connectivity index (χ0n) is 10.4. The standard InChI is InChI=1S/C12H19BrN4/c1-3-7-14-12-15-8-10(13)11(16-12)17(2)9-5-4-6-9/h8-9H,3-7H2,1-2H3,(H,14,15,16). The number of nitrogens with one attached hydrogen (secondary N) is 1. The number of rotatable bonds is 5. The second-order valence-corrected chi connectivity index (χ2v) is 5.34. The second-order valence-electron chi connectivity index (χ2n) is 4.49. The van der Waals surface area contributed by atoms with E-state index in [1.807, 2.05) is 6.20 Å². The van der Waals surface area contributed by atoms with E-state index >= 15 is 0 Å². The minimum atomic E-state index is 0.639. The van der Waals surface area contributed by atoms with Crippen LogP contribution in [-0.4, -0.2) is 29.6 Å². The lowest BCUT2D eigenvalue weighted by molar-refractivity contribution is 0.399. The molecule has 94 valence electrons. The third-order valence-corrected chi connectivity index (χ3v) is 3.77. The summed E-state index contributed by atoms with van der Waals surface area (Å²) in [7, 11) is 2.11. The van der Waals surface area contributed by atoms with Gasteiger partial charge < -0.3 is 10.2 Å². The molecule has 17 heavy (non-hydrogen) atoms. The zero-order valence-corrected chi connectivity index (χ0v) is 12.0. The van der Waals surface area contributed by atoms with Crippen molar-refractivity contribution in [1.29, 1.82) is 0 Å². The van der Waals surface area contributed by atoms with Gasteiger partial charge in [-0.3, -0.25) is 0 Å². The number of anilines is 2. The molecule has 1 aliphatic carbocycles. The Bertz CT molecular complexity index is 379. The number of hydrogen-bond acceptors (Lipinski definition) is 4. The SMILES string of the molecule is CCCNc1ncc(Br)c(N(C)C2CCC2)n1. The Morgan fingerprint density at radius 3 is 2.88 bits per heavy atom. The highest BCUT2D eigenvalue weighted by Crippen LogP contribution is 2.31. The van der Waals surface area contributed by atoms with Crippen LogP contribution in [0.15, 0.2) is 10.7 Å². The number of hydrogen-bond donors (Lipinski definition) is 1. The van der Waals surface area contributed by atoms with Crippen LogP contribution >= 0.6 is 15.9 Å². The Morgan fingerprint density at radius 1 is 1.53 bits per heavy atom. The molecular formula is C12H19BrN4. The second kappa shape index (κ2) is 5.67. The molecular weight excluding hydrogens is 280 g/mol. The summed E-state index contributed by atoms with van der Waals surface area (Å²) < 4.78 is 0.967. The molecule has 1 N–H and O–H groups in total. The molecule has 2 rings (SSSR count). The van der Waals surface area contributed by atoms with E-state index in [0.717, 1.165) is 29.2 Å². The summed E-state index contributed by atoms with van der Waals surface area (Å²) >= 11 is 3.53. The molecule has 0 bridgehead atoms. The third kappa shape index (κ3) is 2.89. The summed E-state index contributed by atoms with van der Waals surface area (Å²) in [5.74, 6) is 1.71. The maximum absolute atomic E-state index is 4.57. The molecule has 0 amide bonds. The third-order valence-electron chi connectivity index (χ3n) is 3.22. The van der Waals surface area contributed by atoms with Crippen molar-refractivity contribution in [3.63, 3.8) is 0 Å². The first-order valence-electron chi connectivity index (χ1n) is 6.21. The van der Waals surface area contributed by atoms with E-state index in [2.05, 4.69) is 50.1 Å². The van der Waals surface area contributed by atoms with Crippen molar-refractivity contribution in [2.24, 2.45) is 0 Å². The van der Waals surface area contributed by atoms with Crippen molar-refractivity contribution in [3.05, 3.63) is 10.7 Å². The van der Waals surface area contributed by atoms with Crippen molar-refractivity contribution >= 4 is 27.7 Å². The van der Waals surface area contributed by atoms with E-state index < -0.39 is 0 Å². The van der Waals surface area contributed by atoms with Crippen LogP contribution in [-0.2, 0) is 0 Å². The van der Waals surface area contributed by atoms with E-state index in [-0.39, 0.29) is 0 Å². The molecule has 0 atom stereocenters. The first kappa shape index (κ1) is 12.6. The quantitative estimate of drug-likeness (QED) is 0.907. The predicted molar refractivity (Wildman–Crippen MR) is 74.6 cm³/mol. The Kier molecular flexibility index (Phi) is 4.20. The zero-order chi connectivity index (χ0) is 12.3. The van der Waals surface area contributed by atoms with E-state index in [9.17, 15) is 0 Å². The van der Waals surface area contributed by atoms with E-state index in [0.29, 0.717) is 6.04 Å². The molecule has 4 nitrogen and oxygen atoms in total. The number of nitrogens with zero attached hydrogens (tertiary/aromatic N) is 3. The molecule has 1 fully saturated rings.